The predicted molar refractivity (Wildman–Crippen MR) is 107 cm³/mol. The van der Waals surface area contributed by atoms with Crippen molar-refractivity contribution in [3.05, 3.63) is 59.7 Å². The van der Waals surface area contributed by atoms with Crippen LogP contribution in [0.3, 0.4) is 0 Å². The Bertz CT molecular complexity index is 709. The lowest BCUT2D eigenvalue weighted by atomic mass is 10.1. The van der Waals surface area contributed by atoms with Crippen molar-refractivity contribution in [1.82, 2.24) is 19.8 Å². The van der Waals surface area contributed by atoms with Gasteiger partial charge in [0.2, 0.25) is 0 Å². The zero-order chi connectivity index (χ0) is 19.1. The fourth-order valence-corrected chi connectivity index (χ4v) is 3.58. The van der Waals surface area contributed by atoms with Crippen molar-refractivity contribution in [2.24, 2.45) is 0 Å². The van der Waals surface area contributed by atoms with E-state index >= 15 is 0 Å². The summed E-state index contributed by atoms with van der Waals surface area (Å²) < 4.78 is 0. The summed E-state index contributed by atoms with van der Waals surface area (Å²) in [5, 5.41) is 0. The zero-order valence-corrected chi connectivity index (χ0v) is 16.5. The number of nitrogens with zero attached hydrogens (tertiary/aromatic N) is 4. The van der Waals surface area contributed by atoms with Crippen LogP contribution in [0.4, 0.5) is 0 Å². The Balaban J connectivity index is 1.57. The first kappa shape index (κ1) is 19.5. The molecule has 5 heteroatoms. The maximum atomic E-state index is 12.8. The molecule has 2 heterocycles. The second-order valence-corrected chi connectivity index (χ2v) is 7.55. The Labute approximate surface area is 162 Å². The molecule has 1 aromatic heterocycles. The molecule has 144 valence electrons. The molecule has 0 bridgehead atoms. The van der Waals surface area contributed by atoms with E-state index in [0.29, 0.717) is 6.42 Å². The summed E-state index contributed by atoms with van der Waals surface area (Å²) in [6.45, 7) is 5.39. The standard InChI is InChI=1S/C22H30N4O/c1-18(15-21-16-23-11-12-24-21)25(2)22(27)20-9-7-19(8-10-20)17-26-13-5-3-4-6-14-26/h7-12,16,18H,3-6,13-15,17H2,1-2H3. The van der Waals surface area contributed by atoms with Gasteiger partial charge in [0.05, 0.1) is 5.69 Å². The van der Waals surface area contributed by atoms with E-state index < -0.39 is 0 Å². The van der Waals surface area contributed by atoms with Gasteiger partial charge in [-0.3, -0.25) is 19.7 Å². The highest BCUT2D eigenvalue weighted by atomic mass is 16.2. The summed E-state index contributed by atoms with van der Waals surface area (Å²) in [6, 6.07) is 8.17. The topological polar surface area (TPSA) is 49.3 Å². The largest absolute Gasteiger partial charge is 0.339 e. The molecule has 5 nitrogen and oxygen atoms in total. The summed E-state index contributed by atoms with van der Waals surface area (Å²) in [7, 11) is 1.86. The molecule has 1 unspecified atom stereocenters. The van der Waals surface area contributed by atoms with Gasteiger partial charge < -0.3 is 4.90 Å². The minimum absolute atomic E-state index is 0.0488. The number of carbonyl (C=O) groups is 1. The highest BCUT2D eigenvalue weighted by molar-refractivity contribution is 5.94. The third-order valence-corrected chi connectivity index (χ3v) is 5.41. The van der Waals surface area contributed by atoms with Crippen molar-refractivity contribution in [2.75, 3.05) is 20.1 Å². The van der Waals surface area contributed by atoms with E-state index in [9.17, 15) is 4.79 Å². The van der Waals surface area contributed by atoms with Crippen LogP contribution in [0.2, 0.25) is 0 Å². The van der Waals surface area contributed by atoms with Gasteiger partial charge in [-0.15, -0.1) is 0 Å². The molecule has 2 aromatic rings. The lowest BCUT2D eigenvalue weighted by Crippen LogP contribution is -2.36. The number of benzene rings is 1. The third kappa shape index (κ3) is 5.60. The SMILES string of the molecule is CC(Cc1cnccn1)N(C)C(=O)c1ccc(CN2CCCCCC2)cc1. The molecule has 1 aromatic carbocycles. The summed E-state index contributed by atoms with van der Waals surface area (Å²) in [5.74, 6) is 0.0488. The van der Waals surface area contributed by atoms with Gasteiger partial charge in [-0.25, -0.2) is 0 Å². The molecule has 1 atom stereocenters. The van der Waals surface area contributed by atoms with Crippen LogP contribution in [0.25, 0.3) is 0 Å². The fraction of sp³-hybridized carbons (Fsp3) is 0.500. The van der Waals surface area contributed by atoms with Gasteiger partial charge in [0, 0.05) is 50.2 Å². The lowest BCUT2D eigenvalue weighted by Gasteiger charge is -2.25. The van der Waals surface area contributed by atoms with Crippen molar-refractivity contribution < 1.29 is 4.79 Å². The number of hydrogen-bond acceptors (Lipinski definition) is 4. The first-order valence-corrected chi connectivity index (χ1v) is 9.97. The number of likely N-dealkylation sites (N-methyl/N-ethyl adjacent to an activating group) is 1. The summed E-state index contributed by atoms with van der Waals surface area (Å²) in [6.07, 6.45) is 11.1. The number of hydrogen-bond donors (Lipinski definition) is 0. The van der Waals surface area contributed by atoms with Crippen LogP contribution < -0.4 is 0 Å². The van der Waals surface area contributed by atoms with Gasteiger partial charge in [0.15, 0.2) is 0 Å². The zero-order valence-electron chi connectivity index (χ0n) is 16.5. The Hall–Kier alpha value is -2.27. The van der Waals surface area contributed by atoms with Crippen LogP contribution >= 0.6 is 0 Å². The lowest BCUT2D eigenvalue weighted by molar-refractivity contribution is 0.0743. The maximum Gasteiger partial charge on any atom is 0.253 e. The number of amides is 1. The molecule has 1 saturated heterocycles. The molecule has 0 N–H and O–H groups in total. The van der Waals surface area contributed by atoms with Crippen LogP contribution in [-0.2, 0) is 13.0 Å². The minimum Gasteiger partial charge on any atom is -0.339 e. The molecule has 0 aliphatic carbocycles. The van der Waals surface area contributed by atoms with Gasteiger partial charge in [-0.05, 0) is 50.6 Å². The van der Waals surface area contributed by atoms with Gasteiger partial charge >= 0.3 is 0 Å². The molecule has 1 fully saturated rings. The van der Waals surface area contributed by atoms with Crippen molar-refractivity contribution >= 4 is 5.91 Å². The van der Waals surface area contributed by atoms with Gasteiger partial charge in [0.1, 0.15) is 0 Å². The van der Waals surface area contributed by atoms with E-state index in [2.05, 4.69) is 27.0 Å². The second-order valence-electron chi connectivity index (χ2n) is 7.55. The Morgan fingerprint density at radius 3 is 2.44 bits per heavy atom. The number of aromatic nitrogens is 2. The highest BCUT2D eigenvalue weighted by Gasteiger charge is 2.18. The second kappa shape index (κ2) is 9.60. The maximum absolute atomic E-state index is 12.8. The number of carbonyl (C=O) groups excluding carboxylic acids is 1. The quantitative estimate of drug-likeness (QED) is 0.784. The minimum atomic E-state index is 0.0488. The van der Waals surface area contributed by atoms with E-state index in [1.807, 2.05) is 26.1 Å². The third-order valence-electron chi connectivity index (χ3n) is 5.41. The van der Waals surface area contributed by atoms with E-state index in [0.717, 1.165) is 17.8 Å². The van der Waals surface area contributed by atoms with Gasteiger partial charge in [-0.2, -0.15) is 0 Å². The predicted octanol–water partition coefficient (Wildman–Crippen LogP) is 3.56. The average Bonchev–Trinajstić information content (AvgIpc) is 2.97. The smallest absolute Gasteiger partial charge is 0.253 e. The molecule has 3 rings (SSSR count). The van der Waals surface area contributed by atoms with E-state index in [4.69, 9.17) is 0 Å². The van der Waals surface area contributed by atoms with Crippen LogP contribution in [-0.4, -0.2) is 51.9 Å². The molecule has 0 radical (unpaired) electrons. The molecule has 1 aliphatic rings. The number of rotatable bonds is 6. The van der Waals surface area contributed by atoms with Crippen molar-refractivity contribution in [3.8, 4) is 0 Å². The van der Waals surface area contributed by atoms with Crippen LogP contribution in [0.5, 0.6) is 0 Å². The van der Waals surface area contributed by atoms with E-state index in [1.54, 1.807) is 23.5 Å². The fourth-order valence-electron chi connectivity index (χ4n) is 3.58. The molecule has 1 amide bonds. The van der Waals surface area contributed by atoms with Crippen LogP contribution in [0.15, 0.2) is 42.9 Å². The van der Waals surface area contributed by atoms with Crippen LogP contribution in [0, 0.1) is 0 Å². The van der Waals surface area contributed by atoms with Gasteiger partial charge in [0.25, 0.3) is 5.91 Å². The van der Waals surface area contributed by atoms with Crippen molar-refractivity contribution in [2.45, 2.75) is 51.6 Å². The highest BCUT2D eigenvalue weighted by Crippen LogP contribution is 2.15. The normalized spacial score (nSPS) is 16.5. The first-order chi connectivity index (χ1) is 13.1. The first-order valence-electron chi connectivity index (χ1n) is 9.97. The molecule has 1 aliphatic heterocycles. The van der Waals surface area contributed by atoms with E-state index in [-0.39, 0.29) is 11.9 Å². The summed E-state index contributed by atoms with van der Waals surface area (Å²) in [5.41, 5.74) is 2.92. The van der Waals surface area contributed by atoms with Crippen molar-refractivity contribution in [1.29, 1.82) is 0 Å². The Morgan fingerprint density at radius 2 is 1.81 bits per heavy atom. The molecular formula is C22H30N4O. The molecule has 0 spiro atoms. The monoisotopic (exact) mass is 366 g/mol. The summed E-state index contributed by atoms with van der Waals surface area (Å²) in [4.78, 5) is 25.5. The molecule has 27 heavy (non-hydrogen) atoms. The van der Waals surface area contributed by atoms with Crippen molar-refractivity contribution in [3.63, 3.8) is 0 Å². The molecule has 0 saturated carbocycles. The van der Waals surface area contributed by atoms with E-state index in [1.165, 1.54) is 44.3 Å². The van der Waals surface area contributed by atoms with Gasteiger partial charge in [-0.1, -0.05) is 25.0 Å². The summed E-state index contributed by atoms with van der Waals surface area (Å²) >= 11 is 0. The van der Waals surface area contributed by atoms with Crippen LogP contribution in [0.1, 0.15) is 54.2 Å². The number of likely N-dealkylation sites (tertiary alicyclic amines) is 1. The Kier molecular flexibility index (Phi) is 6.93. The molecular weight excluding hydrogens is 336 g/mol. The average molecular weight is 367 g/mol. The Morgan fingerprint density at radius 1 is 1.11 bits per heavy atom.